The van der Waals surface area contributed by atoms with Gasteiger partial charge in [-0.3, -0.25) is 0 Å². The van der Waals surface area contributed by atoms with Gasteiger partial charge >= 0.3 is 0 Å². The van der Waals surface area contributed by atoms with E-state index in [9.17, 15) is 0 Å². The molecule has 0 aromatic carbocycles. The fourth-order valence-corrected chi connectivity index (χ4v) is 6.69. The van der Waals surface area contributed by atoms with Gasteiger partial charge in [-0.15, -0.1) is 34.0 Å². The maximum absolute atomic E-state index is 2.39. The quantitative estimate of drug-likeness (QED) is 0.433. The molecule has 0 saturated heterocycles. The molecular formula is C18H20S3. The molecule has 110 valence electrons. The molecule has 0 aliphatic rings. The summed E-state index contributed by atoms with van der Waals surface area (Å²) in [4.78, 5) is 2.96. The number of rotatable bonds is 4. The summed E-state index contributed by atoms with van der Waals surface area (Å²) in [6.45, 7) is 8.75. The van der Waals surface area contributed by atoms with Crippen molar-refractivity contribution in [3.05, 3.63) is 46.2 Å². The summed E-state index contributed by atoms with van der Waals surface area (Å²) < 4.78 is 5.89. The molecular weight excluding hydrogens is 312 g/mol. The fraction of sp³-hybridized carbons (Fsp3) is 0.333. The molecule has 3 aromatic heterocycles. The average molecular weight is 333 g/mol. The Balaban J connectivity index is 2.06. The highest BCUT2D eigenvalue weighted by Gasteiger charge is 2.16. The van der Waals surface area contributed by atoms with Gasteiger partial charge in [0.15, 0.2) is 0 Å². The van der Waals surface area contributed by atoms with Crippen LogP contribution < -0.4 is 0 Å². The maximum Gasteiger partial charge on any atom is 0.0632 e. The van der Waals surface area contributed by atoms with E-state index in [2.05, 4.69) is 64.1 Å². The minimum Gasteiger partial charge on any atom is -0.137 e. The summed E-state index contributed by atoms with van der Waals surface area (Å²) in [6, 6.07) is 4.77. The van der Waals surface area contributed by atoms with Crippen LogP contribution in [0.3, 0.4) is 0 Å². The van der Waals surface area contributed by atoms with E-state index < -0.39 is 0 Å². The number of fused-ring (bicyclic) bond motifs is 3. The molecule has 3 rings (SSSR count). The van der Waals surface area contributed by atoms with E-state index >= 15 is 0 Å². The molecule has 0 unspecified atom stereocenters. The van der Waals surface area contributed by atoms with E-state index in [0.717, 1.165) is 0 Å². The normalized spacial score (nSPS) is 15.8. The van der Waals surface area contributed by atoms with Crippen LogP contribution >= 0.6 is 34.0 Å². The number of allylic oxidation sites excluding steroid dienone is 4. The molecule has 21 heavy (non-hydrogen) atoms. The molecule has 0 saturated carbocycles. The zero-order valence-electron chi connectivity index (χ0n) is 12.8. The first-order chi connectivity index (χ1) is 10.1. The lowest BCUT2D eigenvalue weighted by Gasteiger charge is -2.00. The maximum atomic E-state index is 2.39. The first-order valence-electron chi connectivity index (χ1n) is 7.35. The highest BCUT2D eigenvalue weighted by Crippen LogP contribution is 2.46. The SMILES string of the molecule is C/C=C/[C@@H](C)c1cc2sc3cc([C@@H](C)/C=C/C)sc3c2s1. The molecule has 3 heteroatoms. The zero-order valence-corrected chi connectivity index (χ0v) is 15.3. The zero-order chi connectivity index (χ0) is 15.0. The number of thiophene rings is 3. The summed E-state index contributed by atoms with van der Waals surface area (Å²) in [5.41, 5.74) is 0. The Morgan fingerprint density at radius 2 is 1.19 bits per heavy atom. The monoisotopic (exact) mass is 332 g/mol. The largest absolute Gasteiger partial charge is 0.137 e. The van der Waals surface area contributed by atoms with Crippen LogP contribution in [0.15, 0.2) is 36.4 Å². The molecule has 3 heterocycles. The Morgan fingerprint density at radius 3 is 1.57 bits per heavy atom. The predicted octanol–water partition coefficient (Wildman–Crippen LogP) is 7.54. The fourth-order valence-electron chi connectivity index (χ4n) is 2.59. The van der Waals surface area contributed by atoms with Crippen LogP contribution in [0.25, 0.3) is 18.8 Å². The van der Waals surface area contributed by atoms with Crippen molar-refractivity contribution in [3.8, 4) is 0 Å². The third-order valence-electron chi connectivity index (χ3n) is 3.72. The van der Waals surface area contributed by atoms with Gasteiger partial charge in [-0.05, 0) is 26.0 Å². The molecule has 0 nitrogen and oxygen atoms in total. The van der Waals surface area contributed by atoms with Crippen LogP contribution in [0.4, 0.5) is 0 Å². The predicted molar refractivity (Wildman–Crippen MR) is 102 cm³/mol. The third-order valence-corrected chi connectivity index (χ3v) is 7.90. The molecule has 0 aliphatic carbocycles. The number of hydrogen-bond donors (Lipinski definition) is 0. The molecule has 0 fully saturated rings. The van der Waals surface area contributed by atoms with Crippen molar-refractivity contribution in [2.45, 2.75) is 39.5 Å². The van der Waals surface area contributed by atoms with Gasteiger partial charge in [-0.1, -0.05) is 38.2 Å². The van der Waals surface area contributed by atoms with E-state index in [-0.39, 0.29) is 0 Å². The highest BCUT2D eigenvalue weighted by atomic mass is 32.1. The van der Waals surface area contributed by atoms with Gasteiger partial charge in [0.25, 0.3) is 0 Å². The van der Waals surface area contributed by atoms with Crippen molar-refractivity contribution in [1.29, 1.82) is 0 Å². The van der Waals surface area contributed by atoms with Crippen molar-refractivity contribution in [2.75, 3.05) is 0 Å². The Kier molecular flexibility index (Phi) is 4.34. The van der Waals surface area contributed by atoms with Crippen LogP contribution in [0.2, 0.25) is 0 Å². The topological polar surface area (TPSA) is 0 Å². The Hall–Kier alpha value is -0.900. The summed E-state index contributed by atoms with van der Waals surface area (Å²) >= 11 is 5.89. The van der Waals surface area contributed by atoms with Crippen LogP contribution in [0, 0.1) is 0 Å². The molecule has 0 radical (unpaired) electrons. The summed E-state index contributed by atoms with van der Waals surface area (Å²) in [5.74, 6) is 1.05. The van der Waals surface area contributed by atoms with Gasteiger partial charge in [0, 0.05) is 31.0 Å². The average Bonchev–Trinajstić information content (AvgIpc) is 3.08. The first-order valence-corrected chi connectivity index (χ1v) is 9.80. The van der Waals surface area contributed by atoms with Gasteiger partial charge in [0.1, 0.15) is 0 Å². The second-order valence-corrected chi connectivity index (χ2v) is 8.67. The van der Waals surface area contributed by atoms with Gasteiger partial charge in [0.2, 0.25) is 0 Å². The van der Waals surface area contributed by atoms with Crippen LogP contribution in [-0.4, -0.2) is 0 Å². The van der Waals surface area contributed by atoms with Gasteiger partial charge in [-0.25, -0.2) is 0 Å². The minimum absolute atomic E-state index is 0.524. The minimum atomic E-state index is 0.524. The number of hydrogen-bond acceptors (Lipinski definition) is 3. The van der Waals surface area contributed by atoms with E-state index in [1.807, 2.05) is 34.0 Å². The van der Waals surface area contributed by atoms with Gasteiger partial charge in [-0.2, -0.15) is 0 Å². The Labute approximate surface area is 138 Å². The second kappa shape index (κ2) is 6.07. The standard InChI is InChI=1S/C18H20S3/c1-5-7-11(3)13-9-15-17(20-13)18-16(19-15)10-14(21-18)12(4)8-6-2/h5-12H,1-4H3/b7-5+,8-6+/t11-,12+. The second-order valence-electron chi connectivity index (χ2n) is 5.42. The van der Waals surface area contributed by atoms with Crippen LogP contribution in [-0.2, 0) is 0 Å². The lowest BCUT2D eigenvalue weighted by molar-refractivity contribution is 0.996. The van der Waals surface area contributed by atoms with Crippen molar-refractivity contribution >= 4 is 52.8 Å². The van der Waals surface area contributed by atoms with Crippen LogP contribution in [0.5, 0.6) is 0 Å². The van der Waals surface area contributed by atoms with Crippen LogP contribution in [0.1, 0.15) is 49.3 Å². The molecule has 0 aliphatic heterocycles. The van der Waals surface area contributed by atoms with E-state index in [0.29, 0.717) is 11.8 Å². The third kappa shape index (κ3) is 2.75. The Bertz CT molecular complexity index is 743. The van der Waals surface area contributed by atoms with Gasteiger partial charge < -0.3 is 0 Å². The summed E-state index contributed by atoms with van der Waals surface area (Å²) in [7, 11) is 0. The summed E-state index contributed by atoms with van der Waals surface area (Å²) in [6.07, 6.45) is 8.85. The van der Waals surface area contributed by atoms with Gasteiger partial charge in [0.05, 0.1) is 9.40 Å². The van der Waals surface area contributed by atoms with E-state index in [1.165, 1.54) is 28.6 Å². The molecule has 0 amide bonds. The molecule has 0 bridgehead atoms. The first kappa shape index (κ1) is 15.0. The molecule has 3 aromatic rings. The van der Waals surface area contributed by atoms with E-state index in [1.54, 1.807) is 0 Å². The van der Waals surface area contributed by atoms with Crippen molar-refractivity contribution < 1.29 is 0 Å². The molecule has 0 spiro atoms. The smallest absolute Gasteiger partial charge is 0.0632 e. The Morgan fingerprint density at radius 1 is 0.762 bits per heavy atom. The van der Waals surface area contributed by atoms with Crippen molar-refractivity contribution in [3.63, 3.8) is 0 Å². The highest BCUT2D eigenvalue weighted by molar-refractivity contribution is 7.38. The van der Waals surface area contributed by atoms with Crippen molar-refractivity contribution in [1.82, 2.24) is 0 Å². The molecule has 0 N–H and O–H groups in total. The van der Waals surface area contributed by atoms with Crippen molar-refractivity contribution in [2.24, 2.45) is 0 Å². The lowest BCUT2D eigenvalue weighted by Crippen LogP contribution is -1.81. The summed E-state index contributed by atoms with van der Waals surface area (Å²) in [5, 5.41) is 0. The molecule has 2 atom stereocenters. The lowest BCUT2D eigenvalue weighted by atomic mass is 10.1. The van der Waals surface area contributed by atoms with E-state index in [4.69, 9.17) is 0 Å².